The Morgan fingerprint density at radius 1 is 1.00 bits per heavy atom. The van der Waals surface area contributed by atoms with Crippen molar-refractivity contribution < 1.29 is 32.6 Å². The average Bonchev–Trinajstić information content (AvgIpc) is 2.93. The zero-order chi connectivity index (χ0) is 22.3. The van der Waals surface area contributed by atoms with E-state index >= 15 is 0 Å². The van der Waals surface area contributed by atoms with Gasteiger partial charge in [0, 0.05) is 22.7 Å². The number of rotatable bonds is 4. The lowest BCUT2D eigenvalue weighted by molar-refractivity contribution is -0.148. The van der Waals surface area contributed by atoms with Gasteiger partial charge in [-0.05, 0) is 57.5 Å². The van der Waals surface area contributed by atoms with Crippen LogP contribution in [0.15, 0.2) is 30.3 Å². The molecule has 0 saturated heterocycles. The van der Waals surface area contributed by atoms with Crippen LogP contribution < -0.4 is 0 Å². The molecule has 0 spiro atoms. The number of ether oxygens (including phenoxy) is 1. The average molecular weight is 419 g/mol. The number of phenols is 1. The molecule has 1 N–H and O–H groups in total. The molecule has 0 aliphatic carbocycles. The van der Waals surface area contributed by atoms with E-state index < -0.39 is 41.0 Å². The van der Waals surface area contributed by atoms with Gasteiger partial charge < -0.3 is 9.84 Å². The molecule has 0 bridgehead atoms. The minimum Gasteiger partial charge on any atom is -0.505 e. The summed E-state index contributed by atoms with van der Waals surface area (Å²) in [6.07, 6.45) is -0.372. The number of phenolic OH excluding ortho intramolecular Hbond substituents is 1. The first-order valence-corrected chi connectivity index (χ1v) is 9.26. The number of carbonyl (C=O) groups excluding carboxylic acids is 2. The van der Waals surface area contributed by atoms with Crippen molar-refractivity contribution >= 4 is 22.8 Å². The lowest BCUT2D eigenvalue weighted by Crippen LogP contribution is -2.19. The van der Waals surface area contributed by atoms with Gasteiger partial charge in [-0.3, -0.25) is 14.2 Å². The zero-order valence-electron chi connectivity index (χ0n) is 16.8. The Labute approximate surface area is 170 Å². The fourth-order valence-corrected chi connectivity index (χ4v) is 3.47. The molecule has 158 valence electrons. The maximum atomic E-state index is 14.1. The van der Waals surface area contributed by atoms with Crippen LogP contribution in [0.25, 0.3) is 10.9 Å². The van der Waals surface area contributed by atoms with Gasteiger partial charge in [-0.1, -0.05) is 0 Å². The smallest absolute Gasteiger partial charge is 0.313 e. The van der Waals surface area contributed by atoms with Gasteiger partial charge in [0.15, 0.2) is 23.2 Å². The number of halogens is 3. The second kappa shape index (κ2) is 7.85. The van der Waals surface area contributed by atoms with Crippen LogP contribution in [0.3, 0.4) is 0 Å². The predicted octanol–water partition coefficient (Wildman–Crippen LogP) is 4.82. The molecular weight excluding hydrogens is 399 g/mol. The third kappa shape index (κ3) is 3.65. The van der Waals surface area contributed by atoms with Crippen LogP contribution >= 0.6 is 0 Å². The molecule has 2 aromatic carbocycles. The molecule has 5 nitrogen and oxygen atoms in total. The number of aromatic hydroxyl groups is 1. The van der Waals surface area contributed by atoms with Crippen molar-refractivity contribution in [1.29, 1.82) is 0 Å². The summed E-state index contributed by atoms with van der Waals surface area (Å²) >= 11 is 0. The molecule has 0 amide bonds. The van der Waals surface area contributed by atoms with Crippen LogP contribution in [0.2, 0.25) is 0 Å². The normalized spacial score (nSPS) is 12.4. The molecule has 1 heterocycles. The Kier molecular flexibility index (Phi) is 5.61. The van der Waals surface area contributed by atoms with Crippen molar-refractivity contribution in [3.63, 3.8) is 0 Å². The number of fused-ring (bicyclic) bond motifs is 1. The van der Waals surface area contributed by atoms with Crippen LogP contribution in [0, 0.1) is 24.4 Å². The largest absolute Gasteiger partial charge is 0.505 e. The summed E-state index contributed by atoms with van der Waals surface area (Å²) in [4.78, 5) is 25.6. The summed E-state index contributed by atoms with van der Waals surface area (Å²) in [5.74, 6) is -6.06. The molecule has 1 aromatic heterocycles. The molecule has 3 aromatic rings. The van der Waals surface area contributed by atoms with E-state index in [1.54, 1.807) is 27.7 Å². The number of nitrogens with zero attached hydrogens (tertiary/aromatic N) is 1. The number of aromatic nitrogens is 1. The fourth-order valence-electron chi connectivity index (χ4n) is 3.47. The van der Waals surface area contributed by atoms with E-state index in [4.69, 9.17) is 4.74 Å². The van der Waals surface area contributed by atoms with Crippen molar-refractivity contribution in [3.8, 4) is 5.75 Å². The van der Waals surface area contributed by atoms with E-state index in [0.717, 1.165) is 34.9 Å². The number of benzene rings is 2. The lowest BCUT2D eigenvalue weighted by atomic mass is 9.97. The van der Waals surface area contributed by atoms with E-state index in [-0.39, 0.29) is 28.3 Å². The molecule has 0 aliphatic rings. The molecule has 0 saturated carbocycles. The van der Waals surface area contributed by atoms with Crippen molar-refractivity contribution in [3.05, 3.63) is 64.6 Å². The maximum absolute atomic E-state index is 14.1. The molecule has 0 radical (unpaired) electrons. The molecule has 0 fully saturated rings. The Bertz CT molecular complexity index is 1170. The molecule has 0 aliphatic heterocycles. The molecule has 30 heavy (non-hydrogen) atoms. The summed E-state index contributed by atoms with van der Waals surface area (Å²) in [5, 5.41) is 10.1. The third-order valence-electron chi connectivity index (χ3n) is 4.83. The molecule has 8 heteroatoms. The lowest BCUT2D eigenvalue weighted by Gasteiger charge is -2.15. The van der Waals surface area contributed by atoms with Crippen LogP contribution in [-0.4, -0.2) is 27.7 Å². The van der Waals surface area contributed by atoms with Crippen molar-refractivity contribution in [1.82, 2.24) is 4.57 Å². The van der Waals surface area contributed by atoms with E-state index in [2.05, 4.69) is 0 Å². The second-order valence-corrected chi connectivity index (χ2v) is 7.30. The standard InChI is InChI=1S/C22H20F3NO4/c1-10(2)30-22(29)11(3)20-12(4)26(18-9-17(25)19(27)8-14(18)20)21(28)13-5-6-15(23)16(24)7-13/h5-11,27H,1-4H3. The SMILES string of the molecule is Cc1c(C(C)C(=O)OC(C)C)c2cc(O)c(F)cc2n1C(=O)c1ccc(F)c(F)c1. The summed E-state index contributed by atoms with van der Waals surface area (Å²) < 4.78 is 47.4. The minimum atomic E-state index is -1.20. The van der Waals surface area contributed by atoms with E-state index in [9.17, 15) is 27.9 Å². The molecule has 1 atom stereocenters. The number of hydrogen-bond donors (Lipinski definition) is 1. The highest BCUT2D eigenvalue weighted by molar-refractivity contribution is 6.05. The van der Waals surface area contributed by atoms with Gasteiger partial charge in [0.05, 0.1) is 17.5 Å². The van der Waals surface area contributed by atoms with Crippen molar-refractivity contribution in [2.45, 2.75) is 39.7 Å². The van der Waals surface area contributed by atoms with Gasteiger partial charge in [-0.2, -0.15) is 0 Å². The van der Waals surface area contributed by atoms with Gasteiger partial charge in [-0.15, -0.1) is 0 Å². The van der Waals surface area contributed by atoms with Crippen molar-refractivity contribution in [2.24, 2.45) is 0 Å². The van der Waals surface area contributed by atoms with Crippen molar-refractivity contribution in [2.75, 3.05) is 0 Å². The van der Waals surface area contributed by atoms with E-state index in [1.807, 2.05) is 0 Å². The predicted molar refractivity (Wildman–Crippen MR) is 104 cm³/mol. The maximum Gasteiger partial charge on any atom is 0.313 e. The van der Waals surface area contributed by atoms with Gasteiger partial charge in [0.25, 0.3) is 5.91 Å². The molecule has 3 rings (SSSR count). The summed E-state index contributed by atoms with van der Waals surface area (Å²) in [7, 11) is 0. The Hall–Kier alpha value is -3.29. The number of carbonyl (C=O) groups is 2. The Balaban J connectivity index is 2.25. The van der Waals surface area contributed by atoms with Crippen LogP contribution in [0.5, 0.6) is 5.75 Å². The fraction of sp³-hybridized carbons (Fsp3) is 0.273. The highest BCUT2D eigenvalue weighted by Gasteiger charge is 2.29. The number of hydrogen-bond acceptors (Lipinski definition) is 4. The first kappa shape index (κ1) is 21.4. The van der Waals surface area contributed by atoms with E-state index in [1.165, 1.54) is 0 Å². The summed E-state index contributed by atoms with van der Waals surface area (Å²) in [6, 6.07) is 4.76. The quantitative estimate of drug-likeness (QED) is 0.616. The van der Waals surface area contributed by atoms with Gasteiger partial charge in [0.2, 0.25) is 0 Å². The van der Waals surface area contributed by atoms with Gasteiger partial charge in [0.1, 0.15) is 0 Å². The zero-order valence-corrected chi connectivity index (χ0v) is 16.8. The van der Waals surface area contributed by atoms with Crippen LogP contribution in [-0.2, 0) is 9.53 Å². The minimum absolute atomic E-state index is 0.0803. The second-order valence-electron chi connectivity index (χ2n) is 7.30. The van der Waals surface area contributed by atoms with Gasteiger partial charge in [-0.25, -0.2) is 13.2 Å². The monoisotopic (exact) mass is 419 g/mol. The van der Waals surface area contributed by atoms with E-state index in [0.29, 0.717) is 5.56 Å². The highest BCUT2D eigenvalue weighted by atomic mass is 19.2. The summed E-state index contributed by atoms with van der Waals surface area (Å²) in [5.41, 5.74) is 0.572. The van der Waals surface area contributed by atoms with Crippen LogP contribution in [0.1, 0.15) is 48.3 Å². The number of esters is 1. The third-order valence-corrected chi connectivity index (χ3v) is 4.83. The summed E-state index contributed by atoms with van der Waals surface area (Å²) in [6.45, 7) is 6.49. The first-order valence-electron chi connectivity index (χ1n) is 9.26. The first-order chi connectivity index (χ1) is 14.0. The Morgan fingerprint density at radius 3 is 2.27 bits per heavy atom. The molecule has 1 unspecified atom stereocenters. The van der Waals surface area contributed by atoms with Gasteiger partial charge >= 0.3 is 5.97 Å². The Morgan fingerprint density at radius 2 is 1.67 bits per heavy atom. The topological polar surface area (TPSA) is 68.5 Å². The molecular formula is C22H20F3NO4. The highest BCUT2D eigenvalue weighted by Crippen LogP contribution is 2.36. The van der Waals surface area contributed by atoms with Crippen LogP contribution in [0.4, 0.5) is 13.2 Å².